The molecule has 2 aliphatic heterocycles. The second kappa shape index (κ2) is 7.70. The lowest BCUT2D eigenvalue weighted by Crippen LogP contribution is -2.54. The quantitative estimate of drug-likeness (QED) is 0.894. The number of benzene rings is 1. The molecule has 0 aliphatic carbocycles. The average Bonchev–Trinajstić information content (AvgIpc) is 2.64. The summed E-state index contributed by atoms with van der Waals surface area (Å²) in [5.41, 5.74) is 6.20. The van der Waals surface area contributed by atoms with E-state index < -0.39 is 0 Å². The number of nitrogens with one attached hydrogen (secondary N) is 1. The van der Waals surface area contributed by atoms with Crippen molar-refractivity contribution in [1.29, 1.82) is 0 Å². The van der Waals surface area contributed by atoms with Gasteiger partial charge < -0.3 is 9.80 Å². The Morgan fingerprint density at radius 2 is 1.80 bits per heavy atom. The van der Waals surface area contributed by atoms with E-state index in [4.69, 9.17) is 0 Å². The molecule has 0 saturated carbocycles. The van der Waals surface area contributed by atoms with Crippen molar-refractivity contribution in [3.05, 3.63) is 41.5 Å². The second-order valence-electron chi connectivity index (χ2n) is 6.59. The average molecular weight is 342 g/mol. The first kappa shape index (κ1) is 17.5. The van der Waals surface area contributed by atoms with Crippen LogP contribution in [0.5, 0.6) is 0 Å². The molecule has 1 saturated heterocycles. The molecule has 25 heavy (non-hydrogen) atoms. The highest BCUT2D eigenvalue weighted by Crippen LogP contribution is 2.18. The Kier molecular flexibility index (Phi) is 5.38. The fraction of sp³-hybridized carbons (Fsp3) is 0.474. The monoisotopic (exact) mass is 342 g/mol. The van der Waals surface area contributed by atoms with E-state index in [1.54, 1.807) is 0 Å². The summed E-state index contributed by atoms with van der Waals surface area (Å²) in [6.45, 7) is 8.53. The van der Waals surface area contributed by atoms with Crippen LogP contribution in [0.15, 0.2) is 30.3 Å². The fourth-order valence-corrected chi connectivity index (χ4v) is 3.14. The van der Waals surface area contributed by atoms with Crippen LogP contribution in [0.1, 0.15) is 24.5 Å². The maximum atomic E-state index is 12.5. The lowest BCUT2D eigenvalue weighted by molar-refractivity contribution is -0.143. The van der Waals surface area contributed by atoms with Gasteiger partial charge in [0.2, 0.25) is 11.8 Å². The molecular formula is C19H26N4O2. The second-order valence-corrected chi connectivity index (χ2v) is 6.59. The number of carbonyl (C=O) groups excluding carboxylic acids is 2. The summed E-state index contributed by atoms with van der Waals surface area (Å²) in [5.74, 6) is -0.0711. The van der Waals surface area contributed by atoms with Crippen LogP contribution in [-0.2, 0) is 9.59 Å². The third-order valence-electron chi connectivity index (χ3n) is 4.87. The molecule has 3 rings (SSSR count). The first-order valence-corrected chi connectivity index (χ1v) is 8.91. The predicted octanol–water partition coefficient (Wildman–Crippen LogP) is 1.24. The summed E-state index contributed by atoms with van der Waals surface area (Å²) in [5, 5.41) is 1.45. The van der Waals surface area contributed by atoms with Gasteiger partial charge in [-0.05, 0) is 25.1 Å². The Balaban J connectivity index is 1.60. The molecule has 1 aromatic rings. The molecule has 0 unspecified atom stereocenters. The van der Waals surface area contributed by atoms with Gasteiger partial charge in [0, 0.05) is 32.6 Å². The highest BCUT2D eigenvalue weighted by atomic mass is 16.2. The van der Waals surface area contributed by atoms with Crippen molar-refractivity contribution in [3.8, 4) is 0 Å². The number of hydrazine groups is 1. The van der Waals surface area contributed by atoms with Crippen molar-refractivity contribution in [1.82, 2.24) is 20.2 Å². The van der Waals surface area contributed by atoms with E-state index >= 15 is 0 Å². The van der Waals surface area contributed by atoms with Crippen molar-refractivity contribution in [2.75, 3.05) is 39.3 Å². The Hall–Kier alpha value is -2.34. The van der Waals surface area contributed by atoms with Crippen molar-refractivity contribution >= 4 is 17.5 Å². The van der Waals surface area contributed by atoms with E-state index in [0.717, 1.165) is 44.0 Å². The van der Waals surface area contributed by atoms with Crippen LogP contribution in [0.3, 0.4) is 0 Å². The molecule has 0 aromatic heterocycles. The van der Waals surface area contributed by atoms with Crippen LogP contribution in [-0.4, -0.2) is 65.9 Å². The summed E-state index contributed by atoms with van der Waals surface area (Å²) in [6.07, 6.45) is 2.20. The highest BCUT2D eigenvalue weighted by Gasteiger charge is 2.26. The molecule has 0 spiro atoms. The molecule has 6 heteroatoms. The van der Waals surface area contributed by atoms with Crippen LogP contribution in [0.25, 0.3) is 5.70 Å². The van der Waals surface area contributed by atoms with Crippen LogP contribution in [0, 0.1) is 6.92 Å². The molecule has 2 heterocycles. The lowest BCUT2D eigenvalue weighted by Gasteiger charge is -2.36. The number of piperazine rings is 1. The molecule has 2 aliphatic rings. The number of hydrogen-bond acceptors (Lipinski definition) is 4. The van der Waals surface area contributed by atoms with E-state index in [1.807, 2.05) is 42.2 Å². The van der Waals surface area contributed by atoms with Gasteiger partial charge in [0.05, 0.1) is 5.70 Å². The summed E-state index contributed by atoms with van der Waals surface area (Å²) >= 11 is 0. The number of nitrogens with zero attached hydrogens (tertiary/aromatic N) is 3. The standard InChI is InChI=1S/C19H26N4O2/c1-3-21-10-12-22(13-11-21)19(25)14-23-18(24)9-8-17(20-23)16-6-4-15(2)5-7-16/h4-8,20H,3,9-14H2,1-2H3. The number of amides is 2. The molecule has 0 atom stereocenters. The number of hydrogen-bond donors (Lipinski definition) is 1. The molecule has 134 valence electrons. The van der Waals surface area contributed by atoms with Crippen LogP contribution in [0.4, 0.5) is 0 Å². The third-order valence-corrected chi connectivity index (χ3v) is 4.87. The molecule has 2 amide bonds. The summed E-state index contributed by atoms with van der Waals surface area (Å²) in [7, 11) is 0. The smallest absolute Gasteiger partial charge is 0.245 e. The minimum Gasteiger partial charge on any atom is -0.339 e. The van der Waals surface area contributed by atoms with Gasteiger partial charge in [-0.2, -0.15) is 0 Å². The van der Waals surface area contributed by atoms with Crippen LogP contribution in [0.2, 0.25) is 0 Å². The Morgan fingerprint density at radius 3 is 2.44 bits per heavy atom. The normalized spacial score (nSPS) is 18.8. The van der Waals surface area contributed by atoms with Crippen molar-refractivity contribution < 1.29 is 9.59 Å². The maximum Gasteiger partial charge on any atom is 0.245 e. The van der Waals surface area contributed by atoms with E-state index in [2.05, 4.69) is 17.2 Å². The number of rotatable bonds is 4. The van der Waals surface area contributed by atoms with E-state index in [0.29, 0.717) is 6.42 Å². The number of likely N-dealkylation sites (N-methyl/N-ethyl adjacent to an activating group) is 1. The number of aryl methyl sites for hydroxylation is 1. The van der Waals surface area contributed by atoms with Gasteiger partial charge in [-0.15, -0.1) is 0 Å². The van der Waals surface area contributed by atoms with Gasteiger partial charge in [-0.1, -0.05) is 36.8 Å². The van der Waals surface area contributed by atoms with Crippen LogP contribution < -0.4 is 5.43 Å². The molecule has 1 aromatic carbocycles. The molecule has 6 nitrogen and oxygen atoms in total. The van der Waals surface area contributed by atoms with E-state index in [1.165, 1.54) is 10.6 Å². The number of carbonyl (C=O) groups is 2. The Morgan fingerprint density at radius 1 is 1.12 bits per heavy atom. The predicted molar refractivity (Wildman–Crippen MR) is 97.3 cm³/mol. The minimum atomic E-state index is -0.0728. The topological polar surface area (TPSA) is 55.9 Å². The molecule has 0 radical (unpaired) electrons. The van der Waals surface area contributed by atoms with Gasteiger partial charge in [0.1, 0.15) is 6.54 Å². The molecule has 1 fully saturated rings. The summed E-state index contributed by atoms with van der Waals surface area (Å²) in [4.78, 5) is 28.9. The van der Waals surface area contributed by atoms with Crippen molar-refractivity contribution in [2.24, 2.45) is 0 Å². The van der Waals surface area contributed by atoms with Crippen molar-refractivity contribution in [2.45, 2.75) is 20.3 Å². The lowest BCUT2D eigenvalue weighted by atomic mass is 10.1. The Bertz CT molecular complexity index is 661. The molecule has 1 N–H and O–H groups in total. The van der Waals surface area contributed by atoms with Gasteiger partial charge in [0.15, 0.2) is 0 Å². The van der Waals surface area contributed by atoms with Gasteiger partial charge >= 0.3 is 0 Å². The highest BCUT2D eigenvalue weighted by molar-refractivity contribution is 5.88. The van der Waals surface area contributed by atoms with Crippen LogP contribution >= 0.6 is 0 Å². The Labute approximate surface area is 149 Å². The molecule has 0 bridgehead atoms. The van der Waals surface area contributed by atoms with Gasteiger partial charge in [0.25, 0.3) is 0 Å². The van der Waals surface area contributed by atoms with Gasteiger partial charge in [-0.3, -0.25) is 15.0 Å². The first-order chi connectivity index (χ1) is 12.1. The van der Waals surface area contributed by atoms with Gasteiger partial charge in [-0.25, -0.2) is 5.01 Å². The SMILES string of the molecule is CCN1CCN(C(=O)CN2NC(c3ccc(C)cc3)=CCC2=O)CC1. The maximum absolute atomic E-state index is 12.5. The first-order valence-electron chi connectivity index (χ1n) is 8.91. The van der Waals surface area contributed by atoms with E-state index in [-0.39, 0.29) is 18.4 Å². The minimum absolute atomic E-state index is 0.00163. The summed E-state index contributed by atoms with van der Waals surface area (Å²) in [6, 6.07) is 8.12. The zero-order valence-electron chi connectivity index (χ0n) is 15.0. The zero-order valence-corrected chi connectivity index (χ0v) is 15.0. The fourth-order valence-electron chi connectivity index (χ4n) is 3.14. The zero-order chi connectivity index (χ0) is 17.8. The largest absolute Gasteiger partial charge is 0.339 e. The van der Waals surface area contributed by atoms with E-state index in [9.17, 15) is 9.59 Å². The third kappa shape index (κ3) is 4.20. The summed E-state index contributed by atoms with van der Waals surface area (Å²) < 4.78 is 0. The van der Waals surface area contributed by atoms with Crippen molar-refractivity contribution in [3.63, 3.8) is 0 Å². The molecular weight excluding hydrogens is 316 g/mol.